The zero-order chi connectivity index (χ0) is 14.0. The molecular weight excluding hydrogens is 262 g/mol. The summed E-state index contributed by atoms with van der Waals surface area (Å²) >= 11 is 0. The normalized spacial score (nSPS) is 17.6. The Balaban J connectivity index is 2.29. The fourth-order valence-corrected chi connectivity index (χ4v) is 4.44. The highest BCUT2D eigenvalue weighted by molar-refractivity contribution is 7.89. The summed E-state index contributed by atoms with van der Waals surface area (Å²) in [7, 11) is -3.44. The first-order valence-electron chi connectivity index (χ1n) is 6.58. The summed E-state index contributed by atoms with van der Waals surface area (Å²) in [6.45, 7) is 6.91. The van der Waals surface area contributed by atoms with E-state index < -0.39 is 10.0 Å². The topological polar surface area (TPSA) is 55.4 Å². The van der Waals surface area contributed by atoms with Gasteiger partial charge in [0.15, 0.2) is 0 Å². The van der Waals surface area contributed by atoms with E-state index in [-0.39, 0.29) is 6.04 Å². The van der Waals surface area contributed by atoms with Crippen LogP contribution in [0.2, 0.25) is 0 Å². The molecule has 1 N–H and O–H groups in total. The third kappa shape index (κ3) is 3.35. The average Bonchev–Trinajstić information content (AvgIpc) is 2.27. The van der Waals surface area contributed by atoms with Gasteiger partial charge in [-0.1, -0.05) is 17.7 Å². The fourth-order valence-electron chi connectivity index (χ4n) is 2.68. The van der Waals surface area contributed by atoms with Crippen molar-refractivity contribution in [1.82, 2.24) is 4.72 Å². The highest BCUT2D eigenvalue weighted by Crippen LogP contribution is 2.22. The molecule has 0 aliphatic carbocycles. The molecule has 0 aromatic heterocycles. The van der Waals surface area contributed by atoms with E-state index in [1.165, 1.54) is 0 Å². The molecule has 106 valence electrons. The van der Waals surface area contributed by atoms with Crippen molar-refractivity contribution >= 4 is 10.0 Å². The van der Waals surface area contributed by atoms with Crippen LogP contribution in [0.25, 0.3) is 0 Å². The van der Waals surface area contributed by atoms with Gasteiger partial charge in [-0.2, -0.15) is 0 Å². The molecule has 0 amide bonds. The van der Waals surface area contributed by atoms with E-state index in [4.69, 9.17) is 4.74 Å². The Kier molecular flexibility index (Phi) is 4.28. The third-order valence-corrected chi connectivity index (χ3v) is 5.24. The van der Waals surface area contributed by atoms with Crippen LogP contribution in [-0.4, -0.2) is 27.7 Å². The van der Waals surface area contributed by atoms with Gasteiger partial charge < -0.3 is 4.74 Å². The van der Waals surface area contributed by atoms with Crippen LogP contribution in [-0.2, 0) is 14.8 Å². The Morgan fingerprint density at radius 3 is 2.16 bits per heavy atom. The van der Waals surface area contributed by atoms with Crippen molar-refractivity contribution < 1.29 is 13.2 Å². The summed E-state index contributed by atoms with van der Waals surface area (Å²) in [5.41, 5.74) is 2.69. The highest BCUT2D eigenvalue weighted by Gasteiger charge is 2.24. The summed E-state index contributed by atoms with van der Waals surface area (Å²) in [5, 5.41) is 0. The second-order valence-corrected chi connectivity index (χ2v) is 6.89. The lowest BCUT2D eigenvalue weighted by Gasteiger charge is -2.24. The zero-order valence-corrected chi connectivity index (χ0v) is 12.5. The molecule has 0 saturated carbocycles. The van der Waals surface area contributed by atoms with Gasteiger partial charge in [-0.3, -0.25) is 0 Å². The fraction of sp³-hybridized carbons (Fsp3) is 0.571. The number of hydrogen-bond donors (Lipinski definition) is 1. The Morgan fingerprint density at radius 1 is 1.11 bits per heavy atom. The zero-order valence-electron chi connectivity index (χ0n) is 11.7. The molecule has 0 unspecified atom stereocenters. The molecule has 0 atom stereocenters. The number of nitrogens with one attached hydrogen (secondary N) is 1. The molecule has 1 aliphatic heterocycles. The van der Waals surface area contributed by atoms with Crippen molar-refractivity contribution in [2.45, 2.75) is 44.6 Å². The molecule has 0 radical (unpaired) electrons. The average molecular weight is 283 g/mol. The SMILES string of the molecule is Cc1cc(C)c(S(=O)(=O)NC2CCOCC2)c(C)c1. The van der Waals surface area contributed by atoms with Crippen molar-refractivity contribution in [2.24, 2.45) is 0 Å². The summed E-state index contributed by atoms with van der Waals surface area (Å²) in [4.78, 5) is 0.421. The van der Waals surface area contributed by atoms with Crippen LogP contribution in [0.3, 0.4) is 0 Å². The van der Waals surface area contributed by atoms with Crippen LogP contribution in [0.5, 0.6) is 0 Å². The molecule has 0 bridgehead atoms. The highest BCUT2D eigenvalue weighted by atomic mass is 32.2. The number of benzene rings is 1. The molecule has 2 rings (SSSR count). The maximum absolute atomic E-state index is 12.5. The van der Waals surface area contributed by atoms with Gasteiger partial charge in [0.25, 0.3) is 0 Å². The van der Waals surface area contributed by atoms with E-state index in [0.29, 0.717) is 18.1 Å². The summed E-state index contributed by atoms with van der Waals surface area (Å²) in [6, 6.07) is 3.80. The number of aryl methyl sites for hydroxylation is 3. The Hall–Kier alpha value is -0.910. The number of ether oxygens (including phenoxy) is 1. The van der Waals surface area contributed by atoms with Crippen LogP contribution in [0, 0.1) is 20.8 Å². The lowest BCUT2D eigenvalue weighted by molar-refractivity contribution is 0.0832. The van der Waals surface area contributed by atoms with Crippen LogP contribution in [0.1, 0.15) is 29.5 Å². The van der Waals surface area contributed by atoms with Crippen molar-refractivity contribution in [1.29, 1.82) is 0 Å². The molecule has 4 nitrogen and oxygen atoms in total. The number of hydrogen-bond acceptors (Lipinski definition) is 3. The minimum Gasteiger partial charge on any atom is -0.381 e. The van der Waals surface area contributed by atoms with Gasteiger partial charge in [-0.05, 0) is 44.7 Å². The molecule has 1 saturated heterocycles. The standard InChI is InChI=1S/C14H21NO3S/c1-10-8-11(2)14(12(3)9-10)19(16,17)15-13-4-6-18-7-5-13/h8-9,13,15H,4-7H2,1-3H3. The first kappa shape index (κ1) is 14.5. The van der Waals surface area contributed by atoms with Crippen LogP contribution in [0.4, 0.5) is 0 Å². The second kappa shape index (κ2) is 5.61. The van der Waals surface area contributed by atoms with E-state index in [9.17, 15) is 8.42 Å². The van der Waals surface area contributed by atoms with Gasteiger partial charge in [-0.15, -0.1) is 0 Å². The minimum absolute atomic E-state index is 0.0150. The number of rotatable bonds is 3. The first-order valence-corrected chi connectivity index (χ1v) is 8.06. The van der Waals surface area contributed by atoms with E-state index in [2.05, 4.69) is 4.72 Å². The van der Waals surface area contributed by atoms with E-state index >= 15 is 0 Å². The van der Waals surface area contributed by atoms with Crippen molar-refractivity contribution in [3.8, 4) is 0 Å². The smallest absolute Gasteiger partial charge is 0.241 e. The Labute approximate surface area is 115 Å². The summed E-state index contributed by atoms with van der Waals surface area (Å²) in [5.74, 6) is 0. The monoisotopic (exact) mass is 283 g/mol. The van der Waals surface area contributed by atoms with Gasteiger partial charge in [0, 0.05) is 19.3 Å². The molecule has 19 heavy (non-hydrogen) atoms. The maximum Gasteiger partial charge on any atom is 0.241 e. The third-order valence-electron chi connectivity index (χ3n) is 3.42. The molecule has 5 heteroatoms. The first-order chi connectivity index (χ1) is 8.90. The second-order valence-electron chi connectivity index (χ2n) is 5.24. The van der Waals surface area contributed by atoms with Gasteiger partial charge in [0.1, 0.15) is 0 Å². The predicted octanol–water partition coefficient (Wildman–Crippen LogP) is 2.07. The van der Waals surface area contributed by atoms with Crippen LogP contribution < -0.4 is 4.72 Å². The maximum atomic E-state index is 12.5. The van der Waals surface area contributed by atoms with Gasteiger partial charge in [-0.25, -0.2) is 13.1 Å². The Morgan fingerprint density at radius 2 is 1.63 bits per heavy atom. The van der Waals surface area contributed by atoms with E-state index in [1.54, 1.807) is 0 Å². The quantitative estimate of drug-likeness (QED) is 0.924. The van der Waals surface area contributed by atoms with E-state index in [1.807, 2.05) is 32.9 Å². The van der Waals surface area contributed by atoms with Crippen molar-refractivity contribution in [3.63, 3.8) is 0 Å². The summed E-state index contributed by atoms with van der Waals surface area (Å²) in [6.07, 6.45) is 1.48. The lowest BCUT2D eigenvalue weighted by Crippen LogP contribution is -2.39. The van der Waals surface area contributed by atoms with Gasteiger partial charge >= 0.3 is 0 Å². The van der Waals surface area contributed by atoms with Gasteiger partial charge in [0.05, 0.1) is 4.90 Å². The van der Waals surface area contributed by atoms with Crippen LogP contribution >= 0.6 is 0 Å². The van der Waals surface area contributed by atoms with Gasteiger partial charge in [0.2, 0.25) is 10.0 Å². The molecule has 1 fully saturated rings. The van der Waals surface area contributed by atoms with Crippen molar-refractivity contribution in [3.05, 3.63) is 28.8 Å². The molecular formula is C14H21NO3S. The summed E-state index contributed by atoms with van der Waals surface area (Å²) < 4.78 is 33.1. The van der Waals surface area contributed by atoms with E-state index in [0.717, 1.165) is 29.5 Å². The Bertz CT molecular complexity index is 537. The van der Waals surface area contributed by atoms with Crippen molar-refractivity contribution in [2.75, 3.05) is 13.2 Å². The molecule has 1 aromatic carbocycles. The largest absolute Gasteiger partial charge is 0.381 e. The molecule has 1 heterocycles. The minimum atomic E-state index is -3.44. The molecule has 1 aromatic rings. The lowest BCUT2D eigenvalue weighted by atomic mass is 10.1. The predicted molar refractivity (Wildman–Crippen MR) is 74.8 cm³/mol. The molecule has 1 aliphatic rings. The molecule has 0 spiro atoms. The number of sulfonamides is 1. The van der Waals surface area contributed by atoms with Crippen LogP contribution in [0.15, 0.2) is 17.0 Å².